The van der Waals surface area contributed by atoms with Gasteiger partial charge >= 0.3 is 6.18 Å². The van der Waals surface area contributed by atoms with Crippen molar-refractivity contribution in [2.24, 2.45) is 0 Å². The third kappa shape index (κ3) is 12.9. The van der Waals surface area contributed by atoms with Gasteiger partial charge in [-0.05, 0) is 61.9 Å². The van der Waals surface area contributed by atoms with Crippen molar-refractivity contribution in [3.8, 4) is 0 Å². The number of carbonyl (C=O) groups excluding carboxylic acids is 2. The smallest absolute Gasteiger partial charge is 0.357 e. The number of halogens is 3. The van der Waals surface area contributed by atoms with E-state index in [1.165, 1.54) is 23.3 Å². The molecule has 1 amide bonds. The fourth-order valence-electron chi connectivity index (χ4n) is 3.57. The molecule has 0 bridgehead atoms. The van der Waals surface area contributed by atoms with Gasteiger partial charge in [-0.1, -0.05) is 78.9 Å². The van der Waals surface area contributed by atoms with E-state index in [4.69, 9.17) is 4.79 Å². The molecule has 4 nitrogen and oxygen atoms in total. The number of alkyl halides is 3. The quantitative estimate of drug-likeness (QED) is 0.335. The molecule has 0 saturated carbocycles. The van der Waals surface area contributed by atoms with Crippen molar-refractivity contribution in [2.75, 3.05) is 13.6 Å². The molecule has 0 unspecified atom stereocenters. The second-order valence-corrected chi connectivity index (χ2v) is 8.07. The van der Waals surface area contributed by atoms with Crippen LogP contribution in [0, 0.1) is 0 Å². The largest absolute Gasteiger partial charge is 0.416 e. The van der Waals surface area contributed by atoms with Gasteiger partial charge in [0.05, 0.1) is 5.56 Å². The summed E-state index contributed by atoms with van der Waals surface area (Å²) in [5.74, 6) is 0. The van der Waals surface area contributed by atoms with Crippen LogP contribution in [0.15, 0.2) is 84.9 Å². The highest BCUT2D eigenvalue weighted by Gasteiger charge is 2.30. The number of hydrogen-bond acceptors (Lipinski definition) is 3. The average molecular weight is 501 g/mol. The maximum absolute atomic E-state index is 12.6. The van der Waals surface area contributed by atoms with Crippen molar-refractivity contribution >= 4 is 13.2 Å². The summed E-state index contributed by atoms with van der Waals surface area (Å²) >= 11 is 0. The molecule has 0 spiro atoms. The molecule has 0 fully saturated rings. The summed E-state index contributed by atoms with van der Waals surface area (Å²) in [7, 11) is 1.92. The van der Waals surface area contributed by atoms with Crippen LogP contribution in [0.4, 0.5) is 13.2 Å². The lowest BCUT2D eigenvalue weighted by Gasteiger charge is -2.15. The number of benzene rings is 3. The van der Waals surface area contributed by atoms with E-state index in [9.17, 15) is 18.0 Å². The monoisotopic (exact) mass is 500 g/mol. The first-order chi connectivity index (χ1) is 17.4. The molecule has 7 heteroatoms. The van der Waals surface area contributed by atoms with E-state index in [-0.39, 0.29) is 0 Å². The van der Waals surface area contributed by atoms with Crippen LogP contribution in [0.25, 0.3) is 0 Å². The van der Waals surface area contributed by atoms with Gasteiger partial charge in [-0.3, -0.25) is 4.79 Å². The van der Waals surface area contributed by atoms with E-state index in [0.717, 1.165) is 43.7 Å². The van der Waals surface area contributed by atoms with Crippen LogP contribution in [0.5, 0.6) is 0 Å². The molecule has 0 saturated heterocycles. The Labute approximate surface area is 211 Å². The molecule has 0 aliphatic heterocycles. The van der Waals surface area contributed by atoms with E-state index in [1.54, 1.807) is 6.07 Å². The number of rotatable bonds is 11. The van der Waals surface area contributed by atoms with Gasteiger partial charge < -0.3 is 15.4 Å². The summed E-state index contributed by atoms with van der Waals surface area (Å²) in [5, 5.41) is 5.88. The number of hydrogen-bond donors (Lipinski definition) is 2. The van der Waals surface area contributed by atoms with Gasteiger partial charge in [-0.2, -0.15) is 13.2 Å². The molecule has 2 N–H and O–H groups in total. The summed E-state index contributed by atoms with van der Waals surface area (Å²) in [4.78, 5) is 18.2. The molecular weight excluding hydrogens is 465 g/mol. The summed E-state index contributed by atoms with van der Waals surface area (Å²) in [6, 6.07) is 26.3. The Bertz CT molecular complexity index is 967. The molecule has 0 aromatic heterocycles. The highest BCUT2D eigenvalue weighted by molar-refractivity contribution is 5.45. The van der Waals surface area contributed by atoms with Gasteiger partial charge in [0.1, 0.15) is 6.79 Å². The van der Waals surface area contributed by atoms with Crippen LogP contribution in [0.2, 0.25) is 0 Å². The second-order valence-electron chi connectivity index (χ2n) is 8.07. The molecule has 0 radical (unpaired) electrons. The molecule has 0 aliphatic rings. The molecule has 0 aliphatic carbocycles. The van der Waals surface area contributed by atoms with Crippen LogP contribution in [-0.4, -0.2) is 32.8 Å². The number of amides is 1. The minimum absolute atomic E-state index is 0.343. The topological polar surface area (TPSA) is 58.2 Å². The molecular formula is C29H35F3N2O2. The van der Waals surface area contributed by atoms with Gasteiger partial charge in [0.25, 0.3) is 0 Å². The van der Waals surface area contributed by atoms with Crippen LogP contribution in [0.3, 0.4) is 0 Å². The van der Waals surface area contributed by atoms with Gasteiger partial charge in [0.15, 0.2) is 0 Å². The third-order valence-electron chi connectivity index (χ3n) is 5.51. The molecule has 194 valence electrons. The predicted molar refractivity (Wildman–Crippen MR) is 139 cm³/mol. The zero-order valence-electron chi connectivity index (χ0n) is 20.6. The van der Waals surface area contributed by atoms with Crippen molar-refractivity contribution in [1.82, 2.24) is 10.6 Å². The average Bonchev–Trinajstić information content (AvgIpc) is 2.91. The molecule has 3 aromatic rings. The highest BCUT2D eigenvalue weighted by atomic mass is 19.4. The van der Waals surface area contributed by atoms with Crippen molar-refractivity contribution in [3.05, 3.63) is 107 Å². The lowest BCUT2D eigenvalue weighted by molar-refractivity contribution is -0.137. The molecule has 36 heavy (non-hydrogen) atoms. The lowest BCUT2D eigenvalue weighted by atomic mass is 10.0. The minimum Gasteiger partial charge on any atom is -0.357 e. The van der Waals surface area contributed by atoms with E-state index in [0.29, 0.717) is 19.0 Å². The second kappa shape index (κ2) is 17.9. The van der Waals surface area contributed by atoms with E-state index < -0.39 is 11.7 Å². The van der Waals surface area contributed by atoms with Gasteiger partial charge in [0.2, 0.25) is 6.41 Å². The SMILES string of the molecule is C=O.CN[C@@H](CCc1ccccc1)CNC=O.FC(F)(F)c1cccc(CCCc2ccccc2)c1. The Balaban J connectivity index is 0.000000346. The molecule has 0 heterocycles. The normalized spacial score (nSPS) is 11.2. The predicted octanol–water partition coefficient (Wildman–Crippen LogP) is 5.65. The standard InChI is InChI=1S/C16H15F3.C12H18N2O.CH2O/c17-16(18,19)15-11-5-10-14(12-15)9-4-8-13-6-2-1-3-7-13;1-13-12(9-14-10-15)8-7-11-5-3-2-4-6-11;1-2/h1-3,5-7,10-12H,4,8-9H2;2-6,10,12-13H,7-9H2,1H3,(H,14,15);1H2/t;12-;/m.0./s1. The molecule has 1 atom stereocenters. The first-order valence-corrected chi connectivity index (χ1v) is 11.8. The third-order valence-corrected chi connectivity index (χ3v) is 5.51. The first kappa shape index (κ1) is 30.6. The zero-order valence-corrected chi connectivity index (χ0v) is 20.6. The summed E-state index contributed by atoms with van der Waals surface area (Å²) in [5.41, 5.74) is 2.73. The number of likely N-dealkylation sites (N-methyl/N-ethyl adjacent to an activating group) is 1. The maximum Gasteiger partial charge on any atom is 0.416 e. The highest BCUT2D eigenvalue weighted by Crippen LogP contribution is 2.29. The van der Waals surface area contributed by atoms with Crippen LogP contribution < -0.4 is 10.6 Å². The Morgan fingerprint density at radius 2 is 1.33 bits per heavy atom. The summed E-state index contributed by atoms with van der Waals surface area (Å²) in [6.07, 6.45) is 0.956. The van der Waals surface area contributed by atoms with Gasteiger partial charge in [0, 0.05) is 12.6 Å². The Hall–Kier alpha value is -3.45. The number of nitrogens with one attached hydrogen (secondary N) is 2. The Morgan fingerprint density at radius 1 is 0.806 bits per heavy atom. The van der Waals surface area contributed by atoms with Crippen molar-refractivity contribution in [1.29, 1.82) is 0 Å². The van der Waals surface area contributed by atoms with Crippen LogP contribution >= 0.6 is 0 Å². The zero-order chi connectivity index (χ0) is 26.7. The minimum atomic E-state index is -4.25. The number of aryl methyl sites for hydroxylation is 3. The maximum atomic E-state index is 12.6. The fraction of sp³-hybridized carbons (Fsp3) is 0.310. The fourth-order valence-corrected chi connectivity index (χ4v) is 3.57. The van der Waals surface area contributed by atoms with Crippen molar-refractivity contribution in [2.45, 2.75) is 44.3 Å². The van der Waals surface area contributed by atoms with E-state index in [2.05, 4.69) is 22.8 Å². The van der Waals surface area contributed by atoms with Crippen molar-refractivity contribution < 1.29 is 22.8 Å². The summed E-state index contributed by atoms with van der Waals surface area (Å²) < 4.78 is 37.7. The molecule has 3 aromatic carbocycles. The first-order valence-electron chi connectivity index (χ1n) is 11.8. The molecule has 3 rings (SSSR count). The Kier molecular flexibility index (Phi) is 15.2. The number of carbonyl (C=O) groups is 2. The van der Waals surface area contributed by atoms with E-state index in [1.807, 2.05) is 62.4 Å². The van der Waals surface area contributed by atoms with Gasteiger partial charge in [-0.15, -0.1) is 0 Å². The lowest BCUT2D eigenvalue weighted by Crippen LogP contribution is -2.36. The van der Waals surface area contributed by atoms with Crippen LogP contribution in [0.1, 0.15) is 35.1 Å². The summed E-state index contributed by atoms with van der Waals surface area (Å²) in [6.45, 7) is 2.69. The van der Waals surface area contributed by atoms with Crippen molar-refractivity contribution in [3.63, 3.8) is 0 Å². The van der Waals surface area contributed by atoms with Gasteiger partial charge in [-0.25, -0.2) is 0 Å². The Morgan fingerprint density at radius 3 is 1.86 bits per heavy atom. The van der Waals surface area contributed by atoms with Crippen LogP contribution in [-0.2, 0) is 35.0 Å². The van der Waals surface area contributed by atoms with E-state index >= 15 is 0 Å².